The third-order valence-electron chi connectivity index (χ3n) is 4.02. The van der Waals surface area contributed by atoms with Crippen molar-refractivity contribution in [1.29, 1.82) is 0 Å². The topological polar surface area (TPSA) is 49.4 Å². The van der Waals surface area contributed by atoms with Crippen LogP contribution in [0.4, 0.5) is 16.2 Å². The maximum Gasteiger partial charge on any atom is 0.326 e. The van der Waals surface area contributed by atoms with Crippen molar-refractivity contribution >= 4 is 23.2 Å². The molecule has 0 fully saturated rings. The first-order valence-corrected chi connectivity index (χ1v) is 8.42. The average molecular weight is 344 g/mol. The minimum atomic E-state index is -0.249. The van der Waals surface area contributed by atoms with Crippen LogP contribution in [0.15, 0.2) is 84.9 Å². The molecule has 0 aliphatic carbocycles. The molecule has 0 aliphatic rings. The zero-order chi connectivity index (χ0) is 18.4. The smallest absolute Gasteiger partial charge is 0.308 e. The second kappa shape index (κ2) is 8.12. The van der Waals surface area contributed by atoms with E-state index in [1.165, 1.54) is 6.92 Å². The first-order chi connectivity index (χ1) is 12.6. The quantitative estimate of drug-likeness (QED) is 0.653. The Balaban J connectivity index is 1.85. The Morgan fingerprint density at radius 3 is 2.15 bits per heavy atom. The highest BCUT2D eigenvalue weighted by Gasteiger charge is 2.16. The predicted molar refractivity (Wildman–Crippen MR) is 105 cm³/mol. The van der Waals surface area contributed by atoms with Gasteiger partial charge >= 0.3 is 6.03 Å². The van der Waals surface area contributed by atoms with Crippen molar-refractivity contribution in [2.24, 2.45) is 0 Å². The number of Topliss-reactive ketones (excluding diaryl/α,β-unsaturated/α-hetero) is 1. The Hall–Kier alpha value is -3.40. The zero-order valence-electron chi connectivity index (χ0n) is 14.6. The van der Waals surface area contributed by atoms with E-state index < -0.39 is 0 Å². The molecule has 26 heavy (non-hydrogen) atoms. The van der Waals surface area contributed by atoms with E-state index in [0.717, 1.165) is 11.3 Å². The summed E-state index contributed by atoms with van der Waals surface area (Å²) < 4.78 is 0. The highest BCUT2D eigenvalue weighted by molar-refractivity contribution is 6.02. The number of carbonyl (C=O) groups is 2. The molecular weight excluding hydrogens is 324 g/mol. The maximum atomic E-state index is 12.9. The monoisotopic (exact) mass is 344 g/mol. The second-order valence-electron chi connectivity index (χ2n) is 5.97. The highest BCUT2D eigenvalue weighted by Crippen LogP contribution is 2.19. The van der Waals surface area contributed by atoms with Crippen LogP contribution in [0.5, 0.6) is 0 Å². The van der Waals surface area contributed by atoms with Crippen molar-refractivity contribution in [3.63, 3.8) is 0 Å². The van der Waals surface area contributed by atoms with E-state index in [1.54, 1.807) is 29.2 Å². The lowest BCUT2D eigenvalue weighted by atomic mass is 10.1. The number of hydrogen-bond acceptors (Lipinski definition) is 2. The number of para-hydroxylation sites is 1. The summed E-state index contributed by atoms with van der Waals surface area (Å²) in [5.41, 5.74) is 2.99. The fourth-order valence-electron chi connectivity index (χ4n) is 2.66. The summed E-state index contributed by atoms with van der Waals surface area (Å²) in [6, 6.07) is 26.0. The van der Waals surface area contributed by atoms with Crippen molar-refractivity contribution in [2.75, 3.05) is 10.2 Å². The van der Waals surface area contributed by atoms with Crippen LogP contribution in [0, 0.1) is 0 Å². The third kappa shape index (κ3) is 4.36. The lowest BCUT2D eigenvalue weighted by Crippen LogP contribution is -2.34. The van der Waals surface area contributed by atoms with E-state index in [2.05, 4.69) is 5.32 Å². The van der Waals surface area contributed by atoms with Gasteiger partial charge in [0.25, 0.3) is 0 Å². The Morgan fingerprint density at radius 1 is 0.846 bits per heavy atom. The number of nitrogens with one attached hydrogen (secondary N) is 1. The summed E-state index contributed by atoms with van der Waals surface area (Å²) in [5.74, 6) is -0.0368. The molecule has 2 amide bonds. The molecule has 0 unspecified atom stereocenters. The third-order valence-corrected chi connectivity index (χ3v) is 4.02. The van der Waals surface area contributed by atoms with Gasteiger partial charge in [-0.15, -0.1) is 0 Å². The molecule has 0 spiro atoms. The molecule has 0 radical (unpaired) electrons. The predicted octanol–water partition coefficient (Wildman–Crippen LogP) is 5.13. The largest absolute Gasteiger partial charge is 0.326 e. The van der Waals surface area contributed by atoms with Crippen molar-refractivity contribution < 1.29 is 9.59 Å². The lowest BCUT2D eigenvalue weighted by Gasteiger charge is -2.23. The van der Waals surface area contributed by atoms with Crippen molar-refractivity contribution in [3.05, 3.63) is 96.1 Å². The SMILES string of the molecule is CC(=O)c1cccc(NC(=O)N(Cc2ccccc2)c2ccccc2)c1. The molecule has 3 rings (SSSR count). The molecule has 0 saturated heterocycles. The van der Waals surface area contributed by atoms with E-state index in [1.807, 2.05) is 60.7 Å². The number of carbonyl (C=O) groups excluding carboxylic acids is 2. The first kappa shape index (κ1) is 17.4. The van der Waals surface area contributed by atoms with Crippen LogP contribution in [-0.2, 0) is 6.54 Å². The lowest BCUT2D eigenvalue weighted by molar-refractivity contribution is 0.101. The van der Waals surface area contributed by atoms with E-state index in [4.69, 9.17) is 0 Å². The molecule has 3 aromatic rings. The molecule has 4 heteroatoms. The van der Waals surface area contributed by atoms with Crippen LogP contribution in [0.3, 0.4) is 0 Å². The van der Waals surface area contributed by atoms with Crippen molar-refractivity contribution in [3.8, 4) is 0 Å². The summed E-state index contributed by atoms with van der Waals surface area (Å²) in [6.45, 7) is 1.95. The van der Waals surface area contributed by atoms with Crippen LogP contribution >= 0.6 is 0 Å². The molecular formula is C22H20N2O2. The van der Waals surface area contributed by atoms with E-state index >= 15 is 0 Å². The number of urea groups is 1. The van der Waals surface area contributed by atoms with Gasteiger partial charge in [0.05, 0.1) is 6.54 Å². The molecule has 0 bridgehead atoms. The normalized spacial score (nSPS) is 10.2. The van der Waals surface area contributed by atoms with Gasteiger partial charge in [0.2, 0.25) is 0 Å². The van der Waals surface area contributed by atoms with Gasteiger partial charge in [0, 0.05) is 16.9 Å². The Morgan fingerprint density at radius 2 is 1.50 bits per heavy atom. The summed E-state index contributed by atoms with van der Waals surface area (Å²) in [6.07, 6.45) is 0. The fraction of sp³-hybridized carbons (Fsp3) is 0.0909. The molecule has 0 atom stereocenters. The van der Waals surface area contributed by atoms with Gasteiger partial charge in [0.15, 0.2) is 5.78 Å². The zero-order valence-corrected chi connectivity index (χ0v) is 14.6. The molecule has 0 aromatic heterocycles. The molecule has 0 saturated carbocycles. The minimum absolute atomic E-state index is 0.0368. The number of amides is 2. The standard InChI is InChI=1S/C22H20N2O2/c1-17(25)19-11-8-12-20(15-19)23-22(26)24(21-13-6-3-7-14-21)16-18-9-4-2-5-10-18/h2-15H,16H2,1H3,(H,23,26). The Labute approximate surface area is 153 Å². The van der Waals surface area contributed by atoms with Gasteiger partial charge in [-0.1, -0.05) is 60.7 Å². The van der Waals surface area contributed by atoms with Gasteiger partial charge in [-0.05, 0) is 36.8 Å². The van der Waals surface area contributed by atoms with Crippen molar-refractivity contribution in [2.45, 2.75) is 13.5 Å². The van der Waals surface area contributed by atoms with E-state index in [-0.39, 0.29) is 11.8 Å². The fourth-order valence-corrected chi connectivity index (χ4v) is 2.66. The van der Waals surface area contributed by atoms with Gasteiger partial charge in [-0.2, -0.15) is 0 Å². The number of hydrogen-bond donors (Lipinski definition) is 1. The summed E-state index contributed by atoms with van der Waals surface area (Å²) in [4.78, 5) is 26.2. The summed E-state index contributed by atoms with van der Waals surface area (Å²) in [5, 5.41) is 2.89. The van der Waals surface area contributed by atoms with Crippen LogP contribution in [0.25, 0.3) is 0 Å². The number of benzene rings is 3. The number of anilines is 2. The van der Waals surface area contributed by atoms with Gasteiger partial charge in [-0.3, -0.25) is 9.69 Å². The van der Waals surface area contributed by atoms with Crippen LogP contribution in [0.2, 0.25) is 0 Å². The van der Waals surface area contributed by atoms with Gasteiger partial charge < -0.3 is 5.32 Å². The summed E-state index contributed by atoms with van der Waals surface area (Å²) in [7, 11) is 0. The van der Waals surface area contributed by atoms with E-state index in [0.29, 0.717) is 17.8 Å². The molecule has 0 heterocycles. The van der Waals surface area contributed by atoms with E-state index in [9.17, 15) is 9.59 Å². The van der Waals surface area contributed by atoms with Crippen LogP contribution in [-0.4, -0.2) is 11.8 Å². The van der Waals surface area contributed by atoms with Gasteiger partial charge in [-0.25, -0.2) is 4.79 Å². The molecule has 0 aliphatic heterocycles. The minimum Gasteiger partial charge on any atom is -0.308 e. The second-order valence-corrected chi connectivity index (χ2v) is 5.97. The molecule has 1 N–H and O–H groups in total. The number of ketones is 1. The number of rotatable bonds is 5. The molecule has 3 aromatic carbocycles. The molecule has 130 valence electrons. The average Bonchev–Trinajstić information content (AvgIpc) is 2.67. The first-order valence-electron chi connectivity index (χ1n) is 8.42. The molecule has 4 nitrogen and oxygen atoms in total. The summed E-state index contributed by atoms with van der Waals surface area (Å²) >= 11 is 0. The number of nitrogens with zero attached hydrogens (tertiary/aromatic N) is 1. The Kier molecular flexibility index (Phi) is 5.44. The van der Waals surface area contributed by atoms with Crippen LogP contribution in [0.1, 0.15) is 22.8 Å². The maximum absolute atomic E-state index is 12.9. The van der Waals surface area contributed by atoms with Crippen molar-refractivity contribution in [1.82, 2.24) is 0 Å². The Bertz CT molecular complexity index is 892. The highest BCUT2D eigenvalue weighted by atomic mass is 16.2. The van der Waals surface area contributed by atoms with Crippen LogP contribution < -0.4 is 10.2 Å². The van der Waals surface area contributed by atoms with Gasteiger partial charge in [0.1, 0.15) is 0 Å².